The van der Waals surface area contributed by atoms with Gasteiger partial charge < -0.3 is 5.32 Å². The summed E-state index contributed by atoms with van der Waals surface area (Å²) in [6, 6.07) is 31.3. The van der Waals surface area contributed by atoms with Gasteiger partial charge in [-0.05, 0) is 35.9 Å². The SMILES string of the molecule is O=C(Nc1ccccc1-c1ccccc1)c1cn(-c2ccccc2)nc1-c1cccnc1. The molecule has 1 N–H and O–H groups in total. The van der Waals surface area contributed by atoms with Gasteiger partial charge in [0.15, 0.2) is 0 Å². The van der Waals surface area contributed by atoms with Gasteiger partial charge in [0.25, 0.3) is 5.91 Å². The molecule has 0 saturated heterocycles. The van der Waals surface area contributed by atoms with Gasteiger partial charge in [0.05, 0.1) is 11.3 Å². The van der Waals surface area contributed by atoms with Crippen molar-refractivity contribution in [1.29, 1.82) is 0 Å². The zero-order chi connectivity index (χ0) is 21.8. The Hall–Kier alpha value is -4.51. The van der Waals surface area contributed by atoms with Crippen LogP contribution < -0.4 is 5.32 Å². The van der Waals surface area contributed by atoms with E-state index in [1.165, 1.54) is 0 Å². The Bertz CT molecular complexity index is 1350. The molecular formula is C27H20N4O. The fraction of sp³-hybridized carbons (Fsp3) is 0. The molecule has 0 spiro atoms. The second kappa shape index (κ2) is 8.70. The number of aromatic nitrogens is 3. The zero-order valence-electron chi connectivity index (χ0n) is 17.2. The van der Waals surface area contributed by atoms with Gasteiger partial charge in [-0.1, -0.05) is 66.7 Å². The van der Waals surface area contributed by atoms with Crippen LogP contribution in [0.1, 0.15) is 10.4 Å². The first kappa shape index (κ1) is 19.5. The van der Waals surface area contributed by atoms with E-state index < -0.39 is 0 Å². The van der Waals surface area contributed by atoms with Crippen molar-refractivity contribution in [3.05, 3.63) is 121 Å². The summed E-state index contributed by atoms with van der Waals surface area (Å²) < 4.78 is 1.72. The molecular weight excluding hydrogens is 396 g/mol. The normalized spacial score (nSPS) is 10.6. The fourth-order valence-corrected chi connectivity index (χ4v) is 3.62. The Kier molecular flexibility index (Phi) is 5.29. The van der Waals surface area contributed by atoms with Crippen molar-refractivity contribution in [2.75, 3.05) is 5.32 Å². The summed E-state index contributed by atoms with van der Waals surface area (Å²) in [5.74, 6) is -0.227. The minimum absolute atomic E-state index is 0.227. The third kappa shape index (κ3) is 3.91. The Balaban J connectivity index is 1.55. The van der Waals surface area contributed by atoms with Crippen LogP contribution in [0.2, 0.25) is 0 Å². The van der Waals surface area contributed by atoms with Crippen LogP contribution in [0.4, 0.5) is 5.69 Å². The molecule has 154 valence electrons. The highest BCUT2D eigenvalue weighted by atomic mass is 16.1. The quantitative estimate of drug-likeness (QED) is 0.391. The van der Waals surface area contributed by atoms with Crippen LogP contribution in [-0.2, 0) is 0 Å². The van der Waals surface area contributed by atoms with Crippen LogP contribution in [-0.4, -0.2) is 20.7 Å². The number of hydrogen-bond donors (Lipinski definition) is 1. The van der Waals surface area contributed by atoms with Gasteiger partial charge in [-0.25, -0.2) is 4.68 Å². The van der Waals surface area contributed by atoms with Crippen LogP contribution in [0.5, 0.6) is 0 Å². The van der Waals surface area contributed by atoms with Gasteiger partial charge in [0.2, 0.25) is 0 Å². The lowest BCUT2D eigenvalue weighted by molar-refractivity contribution is 0.102. The second-order valence-electron chi connectivity index (χ2n) is 7.28. The molecule has 5 rings (SSSR count). The molecule has 0 aliphatic carbocycles. The largest absolute Gasteiger partial charge is 0.321 e. The summed E-state index contributed by atoms with van der Waals surface area (Å²) in [5.41, 5.74) is 5.45. The van der Waals surface area contributed by atoms with E-state index in [0.29, 0.717) is 11.3 Å². The van der Waals surface area contributed by atoms with Crippen LogP contribution in [0.15, 0.2) is 116 Å². The fourth-order valence-electron chi connectivity index (χ4n) is 3.62. The van der Waals surface area contributed by atoms with Crippen LogP contribution in [0.3, 0.4) is 0 Å². The predicted octanol–water partition coefficient (Wildman–Crippen LogP) is 5.85. The zero-order valence-corrected chi connectivity index (χ0v) is 17.2. The van der Waals surface area contributed by atoms with Gasteiger partial charge in [-0.15, -0.1) is 0 Å². The first-order valence-corrected chi connectivity index (χ1v) is 10.3. The molecule has 2 aromatic heterocycles. The number of rotatable bonds is 5. The molecule has 0 aliphatic heterocycles. The van der Waals surface area contributed by atoms with Crippen LogP contribution in [0, 0.1) is 0 Å². The van der Waals surface area contributed by atoms with E-state index >= 15 is 0 Å². The second-order valence-corrected chi connectivity index (χ2v) is 7.28. The molecule has 0 unspecified atom stereocenters. The molecule has 0 saturated carbocycles. The number of benzene rings is 3. The van der Waals surface area contributed by atoms with Crippen molar-refractivity contribution in [1.82, 2.24) is 14.8 Å². The molecule has 1 amide bonds. The molecule has 0 bridgehead atoms. The van der Waals surface area contributed by atoms with Crippen molar-refractivity contribution >= 4 is 11.6 Å². The minimum Gasteiger partial charge on any atom is -0.321 e. The Morgan fingerprint density at radius 2 is 1.44 bits per heavy atom. The average molecular weight is 416 g/mol. The minimum atomic E-state index is -0.227. The number of nitrogens with zero attached hydrogens (tertiary/aromatic N) is 3. The maximum Gasteiger partial charge on any atom is 0.259 e. The molecule has 2 heterocycles. The summed E-state index contributed by atoms with van der Waals surface area (Å²) in [6.45, 7) is 0. The monoisotopic (exact) mass is 416 g/mol. The van der Waals surface area contributed by atoms with E-state index in [1.54, 1.807) is 23.3 Å². The smallest absolute Gasteiger partial charge is 0.259 e. The van der Waals surface area contributed by atoms with Crippen LogP contribution >= 0.6 is 0 Å². The predicted molar refractivity (Wildman–Crippen MR) is 127 cm³/mol. The lowest BCUT2D eigenvalue weighted by Crippen LogP contribution is -2.13. The van der Waals surface area contributed by atoms with Crippen molar-refractivity contribution in [2.45, 2.75) is 0 Å². The average Bonchev–Trinajstić information content (AvgIpc) is 3.32. The lowest BCUT2D eigenvalue weighted by Gasteiger charge is -2.11. The molecule has 0 radical (unpaired) electrons. The van der Waals surface area contributed by atoms with Gasteiger partial charge in [0.1, 0.15) is 5.69 Å². The Labute approximate surface area is 186 Å². The number of para-hydroxylation sites is 2. The van der Waals surface area contributed by atoms with Gasteiger partial charge in [-0.2, -0.15) is 5.10 Å². The molecule has 0 atom stereocenters. The van der Waals surface area contributed by atoms with Crippen LogP contribution in [0.25, 0.3) is 28.1 Å². The molecule has 5 aromatic rings. The number of anilines is 1. The molecule has 0 fully saturated rings. The van der Waals surface area contributed by atoms with E-state index in [9.17, 15) is 4.79 Å². The Morgan fingerprint density at radius 3 is 2.19 bits per heavy atom. The molecule has 0 aliphatic rings. The Morgan fingerprint density at radius 1 is 0.750 bits per heavy atom. The molecule has 3 aromatic carbocycles. The summed E-state index contributed by atoms with van der Waals surface area (Å²) in [4.78, 5) is 17.7. The maximum atomic E-state index is 13.5. The van der Waals surface area contributed by atoms with Crippen molar-refractivity contribution < 1.29 is 4.79 Å². The first-order valence-electron chi connectivity index (χ1n) is 10.3. The highest BCUT2D eigenvalue weighted by molar-refractivity contribution is 6.09. The number of hydrogen-bond acceptors (Lipinski definition) is 3. The lowest BCUT2D eigenvalue weighted by atomic mass is 10.0. The highest BCUT2D eigenvalue weighted by Gasteiger charge is 2.20. The standard InChI is InChI=1S/C27H20N4O/c32-27(29-25-16-8-7-15-23(25)20-10-3-1-4-11-20)24-19-31(22-13-5-2-6-14-22)30-26(24)21-12-9-17-28-18-21/h1-19H,(H,29,32). The summed E-state index contributed by atoms with van der Waals surface area (Å²) in [5, 5.41) is 7.80. The summed E-state index contributed by atoms with van der Waals surface area (Å²) in [6.07, 6.45) is 5.18. The van der Waals surface area contributed by atoms with E-state index in [1.807, 2.05) is 97.1 Å². The molecule has 32 heavy (non-hydrogen) atoms. The van der Waals surface area contributed by atoms with Gasteiger partial charge >= 0.3 is 0 Å². The number of carbonyl (C=O) groups is 1. The third-order valence-corrected chi connectivity index (χ3v) is 5.17. The topological polar surface area (TPSA) is 59.8 Å². The van der Waals surface area contributed by atoms with Gasteiger partial charge in [-0.3, -0.25) is 9.78 Å². The number of pyridine rings is 1. The highest BCUT2D eigenvalue weighted by Crippen LogP contribution is 2.29. The maximum absolute atomic E-state index is 13.5. The van der Waals surface area contributed by atoms with Gasteiger partial charge in [0, 0.05) is 35.4 Å². The summed E-state index contributed by atoms with van der Waals surface area (Å²) in [7, 11) is 0. The molecule has 5 nitrogen and oxygen atoms in total. The number of amides is 1. The number of nitrogens with one attached hydrogen (secondary N) is 1. The van der Waals surface area contributed by atoms with E-state index in [4.69, 9.17) is 5.10 Å². The van der Waals surface area contributed by atoms with E-state index in [0.717, 1.165) is 28.1 Å². The first-order chi connectivity index (χ1) is 15.8. The third-order valence-electron chi connectivity index (χ3n) is 5.17. The molecule has 5 heteroatoms. The van der Waals surface area contributed by atoms with Crippen molar-refractivity contribution in [2.24, 2.45) is 0 Å². The number of carbonyl (C=O) groups excluding carboxylic acids is 1. The van der Waals surface area contributed by atoms with E-state index in [2.05, 4.69) is 10.3 Å². The van der Waals surface area contributed by atoms with E-state index in [-0.39, 0.29) is 5.91 Å². The summed E-state index contributed by atoms with van der Waals surface area (Å²) >= 11 is 0. The van der Waals surface area contributed by atoms with Crippen molar-refractivity contribution in [3.63, 3.8) is 0 Å². The van der Waals surface area contributed by atoms with Crippen molar-refractivity contribution in [3.8, 4) is 28.1 Å².